The van der Waals surface area contributed by atoms with Crippen LogP contribution < -0.4 is 19.7 Å². The van der Waals surface area contributed by atoms with E-state index in [4.69, 9.17) is 14.5 Å². The van der Waals surface area contributed by atoms with Crippen LogP contribution in [0.3, 0.4) is 0 Å². The molecule has 7 heteroatoms. The van der Waals surface area contributed by atoms with Crippen LogP contribution in [0.4, 0.5) is 5.82 Å². The average molecular weight is 368 g/mol. The largest absolute Gasteiger partial charge is 0.489 e. The molecular weight excluding hydrogens is 344 g/mol. The molecule has 1 saturated heterocycles. The van der Waals surface area contributed by atoms with Crippen LogP contribution in [0, 0.1) is 13.8 Å². The van der Waals surface area contributed by atoms with Crippen LogP contribution >= 0.6 is 0 Å². The van der Waals surface area contributed by atoms with Gasteiger partial charge in [0.25, 0.3) is 5.91 Å². The summed E-state index contributed by atoms with van der Waals surface area (Å²) in [6.07, 6.45) is 3.71. The highest BCUT2D eigenvalue weighted by molar-refractivity contribution is 5.98. The fourth-order valence-corrected chi connectivity index (χ4v) is 3.74. The number of rotatable bonds is 4. The highest BCUT2D eigenvalue weighted by Gasteiger charge is 2.26. The number of methoxy groups -OCH3 is 1. The minimum atomic E-state index is -0.0253. The summed E-state index contributed by atoms with van der Waals surface area (Å²) in [4.78, 5) is 23.1. The van der Waals surface area contributed by atoms with E-state index in [2.05, 4.69) is 15.2 Å². The fraction of sp³-hybridized carbons (Fsp3) is 0.450. The van der Waals surface area contributed by atoms with Gasteiger partial charge in [-0.1, -0.05) is 0 Å². The van der Waals surface area contributed by atoms with Crippen LogP contribution in [0.25, 0.3) is 0 Å². The lowest BCUT2D eigenvalue weighted by molar-refractivity contribution is 0.0965. The molecule has 2 aliphatic heterocycles. The number of ether oxygens (including phenoxy) is 2. The molecule has 0 spiro atoms. The number of aryl methyl sites for hydroxylation is 2. The molecule has 7 nitrogen and oxygen atoms in total. The minimum Gasteiger partial charge on any atom is -0.489 e. The monoisotopic (exact) mass is 368 g/mol. The van der Waals surface area contributed by atoms with Crippen molar-refractivity contribution in [2.45, 2.75) is 39.3 Å². The van der Waals surface area contributed by atoms with Gasteiger partial charge in [0.15, 0.2) is 0 Å². The van der Waals surface area contributed by atoms with Crippen molar-refractivity contribution in [3.8, 4) is 11.6 Å². The maximum absolute atomic E-state index is 11.8. The number of fused-ring (bicyclic) bond motifs is 1. The van der Waals surface area contributed by atoms with Gasteiger partial charge in [-0.15, -0.1) is 0 Å². The zero-order valence-corrected chi connectivity index (χ0v) is 15.9. The summed E-state index contributed by atoms with van der Waals surface area (Å²) in [5.41, 5.74) is 3.56. The van der Waals surface area contributed by atoms with Crippen molar-refractivity contribution >= 4 is 11.7 Å². The first-order valence-electron chi connectivity index (χ1n) is 9.26. The second-order valence-corrected chi connectivity index (χ2v) is 7.11. The molecule has 1 fully saturated rings. The normalized spacial score (nSPS) is 16.9. The number of nitrogens with zero attached hydrogens (tertiary/aromatic N) is 3. The Bertz CT molecular complexity index is 876. The fourth-order valence-electron chi connectivity index (χ4n) is 3.74. The van der Waals surface area contributed by atoms with E-state index in [0.717, 1.165) is 54.3 Å². The number of hydrogen-bond donors (Lipinski definition) is 1. The second-order valence-electron chi connectivity index (χ2n) is 7.11. The molecule has 2 aliphatic rings. The Labute approximate surface area is 158 Å². The Kier molecular flexibility index (Phi) is 4.59. The molecule has 0 aromatic carbocycles. The van der Waals surface area contributed by atoms with Crippen molar-refractivity contribution in [1.82, 2.24) is 15.3 Å². The van der Waals surface area contributed by atoms with E-state index in [1.54, 1.807) is 13.3 Å². The molecule has 2 aromatic rings. The third-order valence-electron chi connectivity index (χ3n) is 5.17. The highest BCUT2D eigenvalue weighted by Crippen LogP contribution is 2.28. The average Bonchev–Trinajstić information content (AvgIpc) is 3.02. The van der Waals surface area contributed by atoms with E-state index < -0.39 is 0 Å². The van der Waals surface area contributed by atoms with E-state index in [9.17, 15) is 4.79 Å². The van der Waals surface area contributed by atoms with Crippen molar-refractivity contribution < 1.29 is 14.3 Å². The van der Waals surface area contributed by atoms with Crippen LogP contribution in [-0.2, 0) is 6.54 Å². The number of nitrogens with one attached hydrogen (secondary N) is 1. The van der Waals surface area contributed by atoms with E-state index in [1.807, 2.05) is 26.0 Å². The molecule has 1 amide bonds. The predicted molar refractivity (Wildman–Crippen MR) is 102 cm³/mol. The standard InChI is InChI=1S/C20H24N4O3/c1-12-9-16-17(11-21-19(16)25)23-18(12)24-6-4-14(5-7-24)27-15-8-13(2)20(26-3)22-10-15/h8-10,14H,4-7,11H2,1-3H3,(H,21,25). The number of piperidine rings is 1. The first-order valence-corrected chi connectivity index (χ1v) is 9.26. The van der Waals surface area contributed by atoms with Crippen molar-refractivity contribution in [2.75, 3.05) is 25.1 Å². The lowest BCUT2D eigenvalue weighted by Crippen LogP contribution is -2.39. The molecule has 27 heavy (non-hydrogen) atoms. The van der Waals surface area contributed by atoms with Gasteiger partial charge in [0.05, 0.1) is 31.1 Å². The van der Waals surface area contributed by atoms with Gasteiger partial charge in [-0.05, 0) is 31.5 Å². The lowest BCUT2D eigenvalue weighted by atomic mass is 10.1. The second kappa shape index (κ2) is 7.06. The summed E-state index contributed by atoms with van der Waals surface area (Å²) in [5, 5.41) is 2.83. The Hall–Kier alpha value is -2.83. The summed E-state index contributed by atoms with van der Waals surface area (Å²) < 4.78 is 11.3. The van der Waals surface area contributed by atoms with E-state index in [-0.39, 0.29) is 12.0 Å². The van der Waals surface area contributed by atoms with Crippen molar-refractivity contribution in [2.24, 2.45) is 0 Å². The van der Waals surface area contributed by atoms with Crippen LogP contribution in [0.2, 0.25) is 0 Å². The van der Waals surface area contributed by atoms with Crippen molar-refractivity contribution in [3.63, 3.8) is 0 Å². The van der Waals surface area contributed by atoms with Crippen LogP contribution in [-0.4, -0.2) is 42.2 Å². The molecule has 0 saturated carbocycles. The first kappa shape index (κ1) is 17.6. The van der Waals surface area contributed by atoms with E-state index in [0.29, 0.717) is 18.0 Å². The molecule has 1 N–H and O–H groups in total. The number of anilines is 1. The Morgan fingerprint density at radius 2 is 1.96 bits per heavy atom. The molecule has 2 aromatic heterocycles. The van der Waals surface area contributed by atoms with Gasteiger partial charge in [-0.3, -0.25) is 4.79 Å². The molecule has 0 radical (unpaired) electrons. The topological polar surface area (TPSA) is 76.6 Å². The molecule has 0 bridgehead atoms. The predicted octanol–water partition coefficient (Wildman–Crippen LogP) is 2.39. The van der Waals surface area contributed by atoms with E-state index >= 15 is 0 Å². The number of aromatic nitrogens is 2. The van der Waals surface area contributed by atoms with Crippen LogP contribution in [0.15, 0.2) is 18.3 Å². The van der Waals surface area contributed by atoms with E-state index in [1.165, 1.54) is 0 Å². The molecule has 0 unspecified atom stereocenters. The van der Waals surface area contributed by atoms with Crippen LogP contribution in [0.5, 0.6) is 11.6 Å². The zero-order chi connectivity index (χ0) is 19.0. The quantitative estimate of drug-likeness (QED) is 0.893. The van der Waals surface area contributed by atoms with Crippen LogP contribution in [0.1, 0.15) is 40.0 Å². The van der Waals surface area contributed by atoms with Gasteiger partial charge < -0.3 is 19.7 Å². The summed E-state index contributed by atoms with van der Waals surface area (Å²) >= 11 is 0. The number of amides is 1. The summed E-state index contributed by atoms with van der Waals surface area (Å²) in [5.74, 6) is 2.36. The Balaban J connectivity index is 1.41. The van der Waals surface area contributed by atoms with Gasteiger partial charge in [0.2, 0.25) is 5.88 Å². The summed E-state index contributed by atoms with van der Waals surface area (Å²) in [6, 6.07) is 3.92. The molecular formula is C20H24N4O3. The molecule has 4 rings (SSSR count). The van der Waals surface area contributed by atoms with Gasteiger partial charge in [0.1, 0.15) is 17.7 Å². The molecule has 0 atom stereocenters. The van der Waals surface area contributed by atoms with Gasteiger partial charge >= 0.3 is 0 Å². The maximum Gasteiger partial charge on any atom is 0.253 e. The van der Waals surface area contributed by atoms with Gasteiger partial charge in [-0.25, -0.2) is 9.97 Å². The summed E-state index contributed by atoms with van der Waals surface area (Å²) in [6.45, 7) is 6.25. The third-order valence-corrected chi connectivity index (χ3v) is 5.17. The van der Waals surface area contributed by atoms with Gasteiger partial charge in [0, 0.05) is 31.5 Å². The lowest BCUT2D eigenvalue weighted by Gasteiger charge is -2.34. The Morgan fingerprint density at radius 1 is 1.19 bits per heavy atom. The maximum atomic E-state index is 11.8. The van der Waals surface area contributed by atoms with Gasteiger partial charge in [-0.2, -0.15) is 0 Å². The van der Waals surface area contributed by atoms with Crippen molar-refractivity contribution in [3.05, 3.63) is 40.7 Å². The smallest absolute Gasteiger partial charge is 0.253 e. The number of carbonyl (C=O) groups is 1. The molecule has 0 aliphatic carbocycles. The molecule has 142 valence electrons. The number of carbonyl (C=O) groups excluding carboxylic acids is 1. The van der Waals surface area contributed by atoms with Crippen molar-refractivity contribution in [1.29, 1.82) is 0 Å². The SMILES string of the molecule is COc1ncc(OC2CCN(c3nc4c(cc3C)C(=O)NC4)CC2)cc1C. The third kappa shape index (κ3) is 3.41. The molecule has 4 heterocycles. The minimum absolute atomic E-state index is 0.0253. The zero-order valence-electron chi connectivity index (χ0n) is 15.9. The summed E-state index contributed by atoms with van der Waals surface area (Å²) in [7, 11) is 1.62. The highest BCUT2D eigenvalue weighted by atomic mass is 16.5. The number of pyridine rings is 2. The first-order chi connectivity index (χ1) is 13.0. The Morgan fingerprint density at radius 3 is 2.67 bits per heavy atom. The number of hydrogen-bond acceptors (Lipinski definition) is 6.